The Morgan fingerprint density at radius 3 is 2.38 bits per heavy atom. The summed E-state index contributed by atoms with van der Waals surface area (Å²) in [5, 5.41) is 0. The maximum Gasteiger partial charge on any atom is 0.242 e. The highest BCUT2D eigenvalue weighted by molar-refractivity contribution is 7.94. The van der Waals surface area contributed by atoms with Crippen LogP contribution in [-0.2, 0) is 24.8 Å². The highest BCUT2D eigenvalue weighted by Gasteiger charge is 2.37. The van der Waals surface area contributed by atoms with Crippen LogP contribution in [0.4, 0.5) is 5.69 Å². The molecule has 2 heterocycles. The number of nitrogens with one attached hydrogen (secondary N) is 1. The SMILES string of the molecule is Cc1ccc(N2C(=O)CCS2(=O)=O)cc1S(=O)(=O)NC[C@@H](c1ccccc1)N1CCCC1. The highest BCUT2D eigenvalue weighted by atomic mass is 32.2. The second-order valence-electron chi connectivity index (χ2n) is 8.20. The van der Waals surface area contributed by atoms with Crippen molar-refractivity contribution in [2.75, 3.05) is 29.7 Å². The number of anilines is 1. The van der Waals surface area contributed by atoms with E-state index < -0.39 is 26.0 Å². The van der Waals surface area contributed by atoms with Gasteiger partial charge >= 0.3 is 0 Å². The normalized spacial score (nSPS) is 20.0. The van der Waals surface area contributed by atoms with Gasteiger partial charge in [-0.15, -0.1) is 0 Å². The lowest BCUT2D eigenvalue weighted by atomic mass is 10.1. The summed E-state index contributed by atoms with van der Waals surface area (Å²) in [5.74, 6) is -0.822. The first-order valence-corrected chi connectivity index (χ1v) is 13.7. The molecule has 2 aromatic rings. The Kier molecular flexibility index (Phi) is 6.39. The molecular formula is C22H27N3O5S2. The van der Waals surface area contributed by atoms with Gasteiger partial charge < -0.3 is 0 Å². The molecule has 4 rings (SSSR count). The molecule has 2 saturated heterocycles. The van der Waals surface area contributed by atoms with Gasteiger partial charge in [-0.1, -0.05) is 36.4 Å². The van der Waals surface area contributed by atoms with Crippen LogP contribution < -0.4 is 9.03 Å². The molecule has 1 N–H and O–H groups in total. The number of rotatable bonds is 7. The highest BCUT2D eigenvalue weighted by Crippen LogP contribution is 2.30. The Balaban J connectivity index is 1.61. The lowest BCUT2D eigenvalue weighted by Crippen LogP contribution is -2.37. The fourth-order valence-corrected chi connectivity index (χ4v) is 7.08. The molecular weight excluding hydrogens is 450 g/mol. The minimum absolute atomic E-state index is 0.0295. The van der Waals surface area contributed by atoms with E-state index in [1.165, 1.54) is 18.2 Å². The standard InChI is InChI=1S/C22H27N3O5S2/c1-17-9-10-19(25-22(26)11-14-31(25,27)28)15-21(17)32(29,30)23-16-20(24-12-5-6-13-24)18-7-3-2-4-8-18/h2-4,7-10,15,20,23H,5-6,11-14,16H2,1H3/t20-/m0/s1. The number of hydrogen-bond donors (Lipinski definition) is 1. The summed E-state index contributed by atoms with van der Waals surface area (Å²) in [7, 11) is -7.72. The predicted octanol–water partition coefficient (Wildman–Crippen LogP) is 2.18. The first kappa shape index (κ1) is 22.9. The molecule has 2 aliphatic rings. The van der Waals surface area contributed by atoms with Crippen molar-refractivity contribution in [2.24, 2.45) is 0 Å². The summed E-state index contributed by atoms with van der Waals surface area (Å²) in [4.78, 5) is 14.4. The molecule has 0 unspecified atom stereocenters. The third-order valence-corrected chi connectivity index (χ3v) is 9.26. The number of hydrogen-bond acceptors (Lipinski definition) is 6. The van der Waals surface area contributed by atoms with Gasteiger partial charge in [-0.25, -0.2) is 25.9 Å². The molecule has 1 amide bonds. The fraction of sp³-hybridized carbons (Fsp3) is 0.409. The van der Waals surface area contributed by atoms with E-state index in [1.54, 1.807) is 6.92 Å². The minimum atomic E-state index is -3.94. The zero-order valence-corrected chi connectivity index (χ0v) is 19.5. The quantitative estimate of drug-likeness (QED) is 0.656. The smallest absolute Gasteiger partial charge is 0.242 e. The topological polar surface area (TPSA) is 104 Å². The van der Waals surface area contributed by atoms with E-state index in [-0.39, 0.29) is 35.3 Å². The molecule has 0 spiro atoms. The van der Waals surface area contributed by atoms with Crippen molar-refractivity contribution in [3.63, 3.8) is 0 Å². The van der Waals surface area contributed by atoms with Gasteiger partial charge in [0.25, 0.3) is 0 Å². The molecule has 8 nitrogen and oxygen atoms in total. The zero-order chi connectivity index (χ0) is 22.9. The first-order chi connectivity index (χ1) is 15.2. The lowest BCUT2D eigenvalue weighted by Gasteiger charge is -2.28. The van der Waals surface area contributed by atoms with Crippen LogP contribution in [0.5, 0.6) is 0 Å². The molecule has 0 saturated carbocycles. The number of benzene rings is 2. The van der Waals surface area contributed by atoms with E-state index in [1.807, 2.05) is 30.3 Å². The van der Waals surface area contributed by atoms with Gasteiger partial charge in [0.05, 0.1) is 16.3 Å². The number of carbonyl (C=O) groups excluding carboxylic acids is 1. The van der Waals surface area contributed by atoms with Crippen LogP contribution in [0.2, 0.25) is 0 Å². The molecule has 0 aromatic heterocycles. The van der Waals surface area contributed by atoms with Crippen molar-refractivity contribution >= 4 is 31.6 Å². The number of amides is 1. The summed E-state index contributed by atoms with van der Waals surface area (Å²) < 4.78 is 54.4. The second-order valence-corrected chi connectivity index (χ2v) is 11.9. The number of carbonyl (C=O) groups is 1. The van der Waals surface area contributed by atoms with E-state index in [0.29, 0.717) is 9.87 Å². The van der Waals surface area contributed by atoms with E-state index in [2.05, 4.69) is 9.62 Å². The van der Waals surface area contributed by atoms with Crippen LogP contribution in [0.1, 0.15) is 36.4 Å². The molecule has 32 heavy (non-hydrogen) atoms. The van der Waals surface area contributed by atoms with Gasteiger partial charge in [-0.2, -0.15) is 0 Å². The minimum Gasteiger partial charge on any atom is -0.295 e. The number of nitrogens with zero attached hydrogens (tertiary/aromatic N) is 2. The predicted molar refractivity (Wildman–Crippen MR) is 122 cm³/mol. The van der Waals surface area contributed by atoms with Gasteiger partial charge in [0.2, 0.25) is 26.0 Å². The summed E-state index contributed by atoms with van der Waals surface area (Å²) in [6.45, 7) is 3.65. The van der Waals surface area contributed by atoms with Crippen molar-refractivity contribution in [1.82, 2.24) is 9.62 Å². The zero-order valence-electron chi connectivity index (χ0n) is 17.9. The molecule has 0 bridgehead atoms. The van der Waals surface area contributed by atoms with E-state index in [4.69, 9.17) is 0 Å². The average Bonchev–Trinajstić information content (AvgIpc) is 3.37. The molecule has 2 aliphatic heterocycles. The molecule has 172 valence electrons. The summed E-state index contributed by atoms with van der Waals surface area (Å²) >= 11 is 0. The summed E-state index contributed by atoms with van der Waals surface area (Å²) in [5.41, 5.74) is 1.57. The average molecular weight is 478 g/mol. The maximum absolute atomic E-state index is 13.2. The lowest BCUT2D eigenvalue weighted by molar-refractivity contribution is -0.116. The Morgan fingerprint density at radius 2 is 1.75 bits per heavy atom. The van der Waals surface area contributed by atoms with Gasteiger partial charge in [-0.3, -0.25) is 9.69 Å². The number of aryl methyl sites for hydroxylation is 1. The Labute approximate surface area is 189 Å². The van der Waals surface area contributed by atoms with Crippen molar-refractivity contribution in [1.29, 1.82) is 0 Å². The summed E-state index contributed by atoms with van der Waals surface area (Å²) in [6, 6.07) is 14.0. The van der Waals surface area contributed by atoms with Crippen molar-refractivity contribution < 1.29 is 21.6 Å². The summed E-state index contributed by atoms with van der Waals surface area (Å²) in [6.07, 6.45) is 2.05. The number of likely N-dealkylation sites (tertiary alicyclic amines) is 1. The van der Waals surface area contributed by atoms with E-state index >= 15 is 0 Å². The third-order valence-electron chi connectivity index (χ3n) is 6.01. The second kappa shape index (κ2) is 8.93. The molecule has 0 aliphatic carbocycles. The Bertz CT molecular complexity index is 1210. The van der Waals surface area contributed by atoms with Gasteiger partial charge in [-0.05, 0) is 56.1 Å². The maximum atomic E-state index is 13.2. The van der Waals surface area contributed by atoms with Crippen LogP contribution in [0, 0.1) is 6.92 Å². The largest absolute Gasteiger partial charge is 0.295 e. The fourth-order valence-electron chi connectivity index (χ4n) is 4.33. The van der Waals surface area contributed by atoms with Crippen LogP contribution in [0.25, 0.3) is 0 Å². The Hall–Kier alpha value is -2.27. The molecule has 1 atom stereocenters. The van der Waals surface area contributed by atoms with Gasteiger partial charge in [0.1, 0.15) is 0 Å². The van der Waals surface area contributed by atoms with Crippen molar-refractivity contribution in [3.8, 4) is 0 Å². The van der Waals surface area contributed by atoms with Crippen LogP contribution in [0.15, 0.2) is 53.4 Å². The van der Waals surface area contributed by atoms with Crippen molar-refractivity contribution in [3.05, 3.63) is 59.7 Å². The van der Waals surface area contributed by atoms with Crippen LogP contribution in [-0.4, -0.2) is 53.0 Å². The van der Waals surface area contributed by atoms with Crippen LogP contribution in [0.3, 0.4) is 0 Å². The van der Waals surface area contributed by atoms with Gasteiger partial charge in [0, 0.05) is 19.0 Å². The molecule has 2 fully saturated rings. The van der Waals surface area contributed by atoms with Crippen molar-refractivity contribution in [2.45, 2.75) is 37.1 Å². The third kappa shape index (κ3) is 4.59. The number of sulfonamides is 2. The van der Waals surface area contributed by atoms with E-state index in [0.717, 1.165) is 31.5 Å². The Morgan fingerprint density at radius 1 is 1.06 bits per heavy atom. The monoisotopic (exact) mass is 477 g/mol. The molecule has 2 aromatic carbocycles. The van der Waals surface area contributed by atoms with Crippen LogP contribution >= 0.6 is 0 Å². The van der Waals surface area contributed by atoms with E-state index in [9.17, 15) is 21.6 Å². The molecule has 10 heteroatoms. The molecule has 0 radical (unpaired) electrons. The van der Waals surface area contributed by atoms with Gasteiger partial charge in [0.15, 0.2) is 0 Å². The first-order valence-electron chi connectivity index (χ1n) is 10.6.